The molecule has 2 aliphatic heterocycles. The van der Waals surface area contributed by atoms with E-state index >= 15 is 0 Å². The number of carbonyl (C=O) groups is 1. The van der Waals surface area contributed by atoms with E-state index in [1.54, 1.807) is 19.1 Å². The van der Waals surface area contributed by atoms with Crippen molar-refractivity contribution in [3.05, 3.63) is 75.7 Å². The van der Waals surface area contributed by atoms with Crippen LogP contribution in [0.1, 0.15) is 49.4 Å². The fourth-order valence-corrected chi connectivity index (χ4v) is 4.56. The zero-order valence-electron chi connectivity index (χ0n) is 18.3. The largest absolute Gasteiger partial charge is 0.401 e. The molecule has 0 saturated carbocycles. The van der Waals surface area contributed by atoms with Gasteiger partial charge in [-0.15, -0.1) is 0 Å². The lowest BCUT2D eigenvalue weighted by atomic mass is 9.90. The summed E-state index contributed by atoms with van der Waals surface area (Å²) < 4.78 is 13.6. The highest BCUT2D eigenvalue weighted by Gasteiger charge is 2.24. The number of halogens is 2. The van der Waals surface area contributed by atoms with Crippen LogP contribution in [-0.2, 0) is 4.79 Å². The van der Waals surface area contributed by atoms with Crippen LogP contribution in [0.25, 0.3) is 11.3 Å². The van der Waals surface area contributed by atoms with E-state index in [9.17, 15) is 9.18 Å². The Balaban J connectivity index is 1.72. The minimum Gasteiger partial charge on any atom is -0.401 e. The first-order valence-corrected chi connectivity index (χ1v) is 11.2. The van der Waals surface area contributed by atoms with Crippen molar-refractivity contribution >= 4 is 34.5 Å². The van der Waals surface area contributed by atoms with E-state index in [0.29, 0.717) is 6.54 Å². The Morgan fingerprint density at radius 1 is 1.25 bits per heavy atom. The van der Waals surface area contributed by atoms with Gasteiger partial charge in [-0.1, -0.05) is 29.8 Å². The lowest BCUT2D eigenvalue weighted by Crippen LogP contribution is -2.32. The molecule has 0 radical (unpaired) electrons. The quantitative estimate of drug-likeness (QED) is 0.616. The number of nitrogens with two attached hydrogens (primary N) is 1. The average Bonchev–Trinajstić information content (AvgIpc) is 2.95. The van der Waals surface area contributed by atoms with Crippen molar-refractivity contribution < 1.29 is 9.18 Å². The van der Waals surface area contributed by atoms with Crippen LogP contribution in [0.4, 0.5) is 10.1 Å². The van der Waals surface area contributed by atoms with Crippen molar-refractivity contribution in [2.45, 2.75) is 32.7 Å². The molecule has 0 aliphatic carbocycles. The van der Waals surface area contributed by atoms with Crippen molar-refractivity contribution in [3.8, 4) is 0 Å². The number of carbonyl (C=O) groups excluding carboxylic acids is 1. The third kappa shape index (κ3) is 4.60. The Labute approximate surface area is 193 Å². The van der Waals surface area contributed by atoms with Gasteiger partial charge in [0.25, 0.3) is 0 Å². The van der Waals surface area contributed by atoms with Gasteiger partial charge in [-0.25, -0.2) is 4.39 Å². The van der Waals surface area contributed by atoms with Crippen LogP contribution in [0.3, 0.4) is 0 Å². The molecule has 4 rings (SSSR count). The summed E-state index contributed by atoms with van der Waals surface area (Å²) in [6.07, 6.45) is 3.77. The van der Waals surface area contributed by atoms with E-state index in [2.05, 4.69) is 34.9 Å². The molecule has 1 unspecified atom stereocenters. The van der Waals surface area contributed by atoms with Crippen LogP contribution < -0.4 is 16.4 Å². The molecule has 0 bridgehead atoms. The Bertz CT molecular complexity index is 1110. The second-order valence-corrected chi connectivity index (χ2v) is 8.75. The number of amides is 1. The van der Waals surface area contributed by atoms with Crippen LogP contribution in [0.15, 0.2) is 48.2 Å². The highest BCUT2D eigenvalue weighted by molar-refractivity contribution is 6.31. The number of benzene rings is 2. The highest BCUT2D eigenvalue weighted by atomic mass is 35.5. The molecule has 2 heterocycles. The first-order chi connectivity index (χ1) is 15.3. The van der Waals surface area contributed by atoms with Crippen LogP contribution in [-0.4, -0.2) is 30.4 Å². The molecule has 7 heteroatoms. The molecule has 2 aromatic rings. The average molecular weight is 455 g/mol. The van der Waals surface area contributed by atoms with Crippen molar-refractivity contribution in [1.82, 2.24) is 10.2 Å². The summed E-state index contributed by atoms with van der Waals surface area (Å²) >= 11 is 6.00. The van der Waals surface area contributed by atoms with Crippen LogP contribution in [0, 0.1) is 5.82 Å². The van der Waals surface area contributed by atoms with Crippen molar-refractivity contribution in [2.75, 3.05) is 25.0 Å². The maximum atomic E-state index is 13.6. The van der Waals surface area contributed by atoms with Crippen LogP contribution in [0.5, 0.6) is 0 Å². The standard InChI is InChI=1S/C25H28ClFN4O/c1-15(28)25-20-5-3-18(17-8-11-31(12-9-17)16(2)32)13-21(20)24(7-10-29-25)30-19-4-6-23(27)22(26)14-19/h3-6,8,13-14,24,29-30H,7,9-12,28H2,1-2H3/b25-15-. The predicted octanol–water partition coefficient (Wildman–Crippen LogP) is 4.91. The summed E-state index contributed by atoms with van der Waals surface area (Å²) in [5.74, 6) is -0.334. The fraction of sp³-hybridized carbons (Fsp3) is 0.320. The highest BCUT2D eigenvalue weighted by Crippen LogP contribution is 2.35. The van der Waals surface area contributed by atoms with E-state index in [4.69, 9.17) is 17.3 Å². The Morgan fingerprint density at radius 3 is 2.72 bits per heavy atom. The molecular weight excluding hydrogens is 427 g/mol. The molecule has 4 N–H and O–H groups in total. The monoisotopic (exact) mass is 454 g/mol. The zero-order valence-corrected chi connectivity index (χ0v) is 19.1. The van der Waals surface area contributed by atoms with Crippen molar-refractivity contribution in [1.29, 1.82) is 0 Å². The molecule has 1 atom stereocenters. The van der Waals surface area contributed by atoms with Gasteiger partial charge in [-0.3, -0.25) is 4.79 Å². The molecular formula is C25H28ClFN4O. The number of nitrogens with one attached hydrogen (secondary N) is 2. The van der Waals surface area contributed by atoms with Crippen LogP contribution in [0.2, 0.25) is 5.02 Å². The van der Waals surface area contributed by atoms with E-state index in [-0.39, 0.29) is 17.0 Å². The normalized spacial score (nSPS) is 19.9. The van der Waals surface area contributed by atoms with E-state index in [0.717, 1.165) is 59.7 Å². The molecule has 0 saturated heterocycles. The minimum absolute atomic E-state index is 0.00580. The molecule has 2 aromatic carbocycles. The summed E-state index contributed by atoms with van der Waals surface area (Å²) in [5.41, 5.74) is 13.2. The van der Waals surface area contributed by atoms with Gasteiger partial charge in [0.2, 0.25) is 5.91 Å². The van der Waals surface area contributed by atoms with Crippen molar-refractivity contribution in [3.63, 3.8) is 0 Å². The third-order valence-corrected chi connectivity index (χ3v) is 6.40. The summed E-state index contributed by atoms with van der Waals surface area (Å²) in [6.45, 7) is 5.61. The molecule has 0 aromatic heterocycles. The Morgan fingerprint density at radius 2 is 2.06 bits per heavy atom. The number of hydrogen-bond acceptors (Lipinski definition) is 4. The molecule has 0 spiro atoms. The number of rotatable bonds is 3. The molecule has 168 valence electrons. The van der Waals surface area contributed by atoms with Crippen LogP contribution >= 0.6 is 11.6 Å². The maximum absolute atomic E-state index is 13.6. The number of fused-ring (bicyclic) bond motifs is 1. The molecule has 5 nitrogen and oxygen atoms in total. The van der Waals surface area contributed by atoms with E-state index in [1.807, 2.05) is 11.8 Å². The third-order valence-electron chi connectivity index (χ3n) is 6.11. The predicted molar refractivity (Wildman–Crippen MR) is 128 cm³/mol. The van der Waals surface area contributed by atoms with Gasteiger partial charge in [0, 0.05) is 43.5 Å². The second kappa shape index (κ2) is 9.25. The topological polar surface area (TPSA) is 70.4 Å². The SMILES string of the molecule is CC(=O)N1CC=C(c2ccc3c(c2)C(Nc2ccc(F)c(Cl)c2)CCN/C3=C(/C)N)CC1. The van der Waals surface area contributed by atoms with E-state index in [1.165, 1.54) is 11.6 Å². The fourth-order valence-electron chi connectivity index (χ4n) is 4.38. The first-order valence-electron chi connectivity index (χ1n) is 10.8. The number of anilines is 1. The summed E-state index contributed by atoms with van der Waals surface area (Å²) in [4.78, 5) is 13.5. The number of hydrogen-bond donors (Lipinski definition) is 3. The first kappa shape index (κ1) is 22.2. The maximum Gasteiger partial charge on any atom is 0.219 e. The van der Waals surface area contributed by atoms with Gasteiger partial charge in [-0.05, 0) is 60.7 Å². The smallest absolute Gasteiger partial charge is 0.219 e. The lowest BCUT2D eigenvalue weighted by molar-refractivity contribution is -0.128. The summed E-state index contributed by atoms with van der Waals surface area (Å²) in [6, 6.07) is 11.1. The number of nitrogens with zero attached hydrogens (tertiary/aromatic N) is 1. The molecule has 1 amide bonds. The molecule has 0 fully saturated rings. The molecule has 2 aliphatic rings. The minimum atomic E-state index is -0.435. The van der Waals surface area contributed by atoms with Gasteiger partial charge in [0.15, 0.2) is 0 Å². The number of allylic oxidation sites excluding steroid dienone is 1. The van der Waals surface area contributed by atoms with Gasteiger partial charge in [0.05, 0.1) is 16.8 Å². The summed E-state index contributed by atoms with van der Waals surface area (Å²) in [7, 11) is 0. The second-order valence-electron chi connectivity index (χ2n) is 8.35. The van der Waals surface area contributed by atoms with Gasteiger partial charge in [-0.2, -0.15) is 0 Å². The summed E-state index contributed by atoms with van der Waals surface area (Å²) in [5, 5.41) is 7.08. The zero-order chi connectivity index (χ0) is 22.8. The van der Waals surface area contributed by atoms with E-state index < -0.39 is 5.82 Å². The van der Waals surface area contributed by atoms with Gasteiger partial charge < -0.3 is 21.3 Å². The Kier molecular flexibility index (Phi) is 6.42. The van der Waals surface area contributed by atoms with Gasteiger partial charge in [0.1, 0.15) is 5.82 Å². The van der Waals surface area contributed by atoms with Crippen molar-refractivity contribution in [2.24, 2.45) is 5.73 Å². The lowest BCUT2D eigenvalue weighted by Gasteiger charge is -2.26. The Hall–Kier alpha value is -2.99. The molecule has 32 heavy (non-hydrogen) atoms. The van der Waals surface area contributed by atoms with Gasteiger partial charge >= 0.3 is 0 Å².